The van der Waals surface area contributed by atoms with Crippen LogP contribution in [0.4, 0.5) is 4.39 Å². The number of benzene rings is 2. The highest BCUT2D eigenvalue weighted by atomic mass is 127. The highest BCUT2D eigenvalue weighted by Gasteiger charge is 2.21. The van der Waals surface area contributed by atoms with E-state index in [0.29, 0.717) is 24.6 Å². The summed E-state index contributed by atoms with van der Waals surface area (Å²) >= 11 is 0. The normalized spacial score (nSPS) is 19.8. The molecule has 0 saturated carbocycles. The van der Waals surface area contributed by atoms with Gasteiger partial charge in [0.05, 0.1) is 12.2 Å². The average molecular weight is 526 g/mol. The number of aliphatic imine (C=N–C) groups is 1. The lowest BCUT2D eigenvalue weighted by Gasteiger charge is -2.35. The van der Waals surface area contributed by atoms with E-state index < -0.39 is 0 Å². The van der Waals surface area contributed by atoms with Gasteiger partial charge in [-0.15, -0.1) is 24.0 Å². The molecule has 2 unspecified atom stereocenters. The second kappa shape index (κ2) is 12.2. The van der Waals surface area contributed by atoms with Crippen LogP contribution in [0.25, 0.3) is 0 Å². The lowest BCUT2D eigenvalue weighted by molar-refractivity contribution is -0.0704. The highest BCUT2D eigenvalue weighted by Crippen LogP contribution is 2.15. The standard InChI is InChI=1S/C23H31FN4O.HI/c1-17-14-28(15-18(2)29-17)16-20-10-8-19(9-11-20)12-26-23(25-3)27-13-21-6-4-5-7-22(21)24;/h4-11,17-18H,12-16H2,1-3H3,(H2,25,26,27);1H. The van der Waals surface area contributed by atoms with Crippen LogP contribution >= 0.6 is 24.0 Å². The van der Waals surface area contributed by atoms with Gasteiger partial charge in [0.15, 0.2) is 5.96 Å². The third kappa shape index (κ3) is 7.52. The van der Waals surface area contributed by atoms with Crippen LogP contribution in [0.1, 0.15) is 30.5 Å². The summed E-state index contributed by atoms with van der Waals surface area (Å²) in [5.41, 5.74) is 3.09. The molecule has 2 N–H and O–H groups in total. The molecule has 7 heteroatoms. The van der Waals surface area contributed by atoms with Gasteiger partial charge >= 0.3 is 0 Å². The average Bonchev–Trinajstić information content (AvgIpc) is 2.70. The summed E-state index contributed by atoms with van der Waals surface area (Å²) in [6.45, 7) is 8.19. The number of ether oxygens (including phenoxy) is 1. The second-order valence-electron chi connectivity index (χ2n) is 7.64. The summed E-state index contributed by atoms with van der Waals surface area (Å²) in [6.07, 6.45) is 0.566. The molecule has 0 bridgehead atoms. The van der Waals surface area contributed by atoms with Gasteiger partial charge in [0.1, 0.15) is 5.82 Å². The van der Waals surface area contributed by atoms with Crippen molar-refractivity contribution in [3.05, 3.63) is 71.0 Å². The summed E-state index contributed by atoms with van der Waals surface area (Å²) in [5.74, 6) is 0.434. The molecule has 1 fully saturated rings. The lowest BCUT2D eigenvalue weighted by Crippen LogP contribution is -2.44. The van der Waals surface area contributed by atoms with Gasteiger partial charge in [-0.05, 0) is 31.0 Å². The zero-order chi connectivity index (χ0) is 20.6. The van der Waals surface area contributed by atoms with Crippen LogP contribution < -0.4 is 10.6 Å². The van der Waals surface area contributed by atoms with E-state index in [4.69, 9.17) is 4.74 Å². The SMILES string of the molecule is CN=C(NCc1ccc(CN2CC(C)OC(C)C2)cc1)NCc1ccccc1F.I. The van der Waals surface area contributed by atoms with Gasteiger partial charge in [0.2, 0.25) is 0 Å². The zero-order valence-corrected chi connectivity index (χ0v) is 20.2. The number of halogens is 2. The molecule has 0 aromatic heterocycles. The molecule has 3 rings (SSSR count). The fourth-order valence-corrected chi connectivity index (χ4v) is 3.66. The molecule has 1 aliphatic heterocycles. The van der Waals surface area contributed by atoms with Crippen molar-refractivity contribution in [3.8, 4) is 0 Å². The molecule has 1 heterocycles. The van der Waals surface area contributed by atoms with E-state index in [9.17, 15) is 4.39 Å². The number of nitrogens with one attached hydrogen (secondary N) is 2. The van der Waals surface area contributed by atoms with E-state index in [-0.39, 0.29) is 42.0 Å². The topological polar surface area (TPSA) is 48.9 Å². The van der Waals surface area contributed by atoms with Crippen molar-refractivity contribution in [1.82, 2.24) is 15.5 Å². The molecule has 1 aliphatic rings. The van der Waals surface area contributed by atoms with Gasteiger partial charge in [-0.2, -0.15) is 0 Å². The molecular formula is C23H32FIN4O. The molecule has 0 amide bonds. The van der Waals surface area contributed by atoms with Crippen molar-refractivity contribution in [2.24, 2.45) is 4.99 Å². The molecule has 2 aromatic carbocycles. The van der Waals surface area contributed by atoms with Gasteiger partial charge in [0, 0.05) is 45.3 Å². The van der Waals surface area contributed by atoms with E-state index in [2.05, 4.69) is 58.6 Å². The Balaban J connectivity index is 0.00000320. The van der Waals surface area contributed by atoms with E-state index >= 15 is 0 Å². The van der Waals surface area contributed by atoms with Crippen molar-refractivity contribution in [3.63, 3.8) is 0 Å². The number of guanidine groups is 1. The Morgan fingerprint density at radius 2 is 1.60 bits per heavy atom. The van der Waals surface area contributed by atoms with E-state index in [1.807, 2.05) is 6.07 Å². The van der Waals surface area contributed by atoms with Crippen molar-refractivity contribution in [2.45, 2.75) is 45.7 Å². The van der Waals surface area contributed by atoms with Gasteiger partial charge in [-0.25, -0.2) is 4.39 Å². The van der Waals surface area contributed by atoms with Gasteiger partial charge in [-0.3, -0.25) is 9.89 Å². The predicted octanol–water partition coefficient (Wildman–Crippen LogP) is 3.92. The first-order valence-corrected chi connectivity index (χ1v) is 10.2. The lowest BCUT2D eigenvalue weighted by atomic mass is 10.1. The molecule has 0 aliphatic carbocycles. The van der Waals surface area contributed by atoms with Crippen molar-refractivity contribution in [1.29, 1.82) is 0 Å². The molecular weight excluding hydrogens is 494 g/mol. The molecule has 1 saturated heterocycles. The molecule has 2 atom stereocenters. The quantitative estimate of drug-likeness (QED) is 0.341. The second-order valence-corrected chi connectivity index (χ2v) is 7.64. The highest BCUT2D eigenvalue weighted by molar-refractivity contribution is 14.0. The van der Waals surface area contributed by atoms with Crippen LogP contribution in [-0.2, 0) is 24.4 Å². The van der Waals surface area contributed by atoms with Crippen LogP contribution in [0, 0.1) is 5.82 Å². The molecule has 164 valence electrons. The Kier molecular flexibility index (Phi) is 10.0. The van der Waals surface area contributed by atoms with Crippen LogP contribution in [-0.4, -0.2) is 43.2 Å². The first kappa shape index (κ1) is 24.6. The summed E-state index contributed by atoms with van der Waals surface area (Å²) in [6, 6.07) is 15.4. The number of hydrogen-bond donors (Lipinski definition) is 2. The van der Waals surface area contributed by atoms with Gasteiger partial charge in [-0.1, -0.05) is 42.5 Å². The molecule has 0 spiro atoms. The van der Waals surface area contributed by atoms with Crippen LogP contribution in [0.15, 0.2) is 53.5 Å². The van der Waals surface area contributed by atoms with Crippen LogP contribution in [0.5, 0.6) is 0 Å². The Hall–Kier alpha value is -1.71. The molecule has 5 nitrogen and oxygen atoms in total. The monoisotopic (exact) mass is 526 g/mol. The Morgan fingerprint density at radius 1 is 1.00 bits per heavy atom. The number of nitrogens with zero attached hydrogens (tertiary/aromatic N) is 2. The minimum Gasteiger partial charge on any atom is -0.373 e. The molecule has 30 heavy (non-hydrogen) atoms. The molecule has 0 radical (unpaired) electrons. The Morgan fingerprint density at radius 3 is 2.23 bits per heavy atom. The summed E-state index contributed by atoms with van der Waals surface area (Å²) < 4.78 is 19.5. The van der Waals surface area contributed by atoms with E-state index in [1.54, 1.807) is 19.2 Å². The third-order valence-corrected chi connectivity index (χ3v) is 5.01. The first-order chi connectivity index (χ1) is 14.0. The Labute approximate surface area is 196 Å². The van der Waals surface area contributed by atoms with Gasteiger partial charge < -0.3 is 15.4 Å². The smallest absolute Gasteiger partial charge is 0.191 e. The predicted molar refractivity (Wildman–Crippen MR) is 131 cm³/mol. The number of hydrogen-bond acceptors (Lipinski definition) is 3. The van der Waals surface area contributed by atoms with Crippen molar-refractivity contribution < 1.29 is 9.13 Å². The Bertz CT molecular complexity index is 805. The minimum atomic E-state index is -0.213. The summed E-state index contributed by atoms with van der Waals surface area (Å²) in [5, 5.41) is 6.43. The molecule has 2 aromatic rings. The maximum atomic E-state index is 13.7. The maximum absolute atomic E-state index is 13.7. The third-order valence-electron chi connectivity index (χ3n) is 5.01. The van der Waals surface area contributed by atoms with E-state index in [1.165, 1.54) is 17.2 Å². The maximum Gasteiger partial charge on any atom is 0.191 e. The first-order valence-electron chi connectivity index (χ1n) is 10.2. The van der Waals surface area contributed by atoms with Crippen LogP contribution in [0.3, 0.4) is 0 Å². The number of morpholine rings is 1. The largest absolute Gasteiger partial charge is 0.373 e. The zero-order valence-electron chi connectivity index (χ0n) is 17.9. The van der Waals surface area contributed by atoms with Crippen molar-refractivity contribution >= 4 is 29.9 Å². The van der Waals surface area contributed by atoms with Crippen LogP contribution in [0.2, 0.25) is 0 Å². The fourth-order valence-electron chi connectivity index (χ4n) is 3.66. The summed E-state index contributed by atoms with van der Waals surface area (Å²) in [7, 11) is 1.71. The van der Waals surface area contributed by atoms with Crippen molar-refractivity contribution in [2.75, 3.05) is 20.1 Å². The fraction of sp³-hybridized carbons (Fsp3) is 0.435. The number of rotatable bonds is 6. The van der Waals surface area contributed by atoms with E-state index in [0.717, 1.165) is 19.6 Å². The summed E-state index contributed by atoms with van der Waals surface area (Å²) in [4.78, 5) is 6.66. The minimum absolute atomic E-state index is 0. The van der Waals surface area contributed by atoms with Gasteiger partial charge in [0.25, 0.3) is 0 Å².